The molecule has 9 heteroatoms. The third-order valence-corrected chi connectivity index (χ3v) is 3.87. The Bertz CT molecular complexity index is 813. The number of carbonyl (C=O) groups is 1. The van der Waals surface area contributed by atoms with E-state index >= 15 is 0 Å². The number of methoxy groups -OCH3 is 1. The van der Waals surface area contributed by atoms with Gasteiger partial charge in [-0.3, -0.25) is 20.2 Å². The Kier molecular flexibility index (Phi) is 5.83. The highest BCUT2D eigenvalue weighted by molar-refractivity contribution is 9.10. The van der Waals surface area contributed by atoms with Crippen LogP contribution in [0, 0.1) is 10.1 Å². The number of amides is 1. The van der Waals surface area contributed by atoms with Crippen molar-refractivity contribution in [3.63, 3.8) is 0 Å². The number of anilines is 1. The first-order valence-corrected chi connectivity index (χ1v) is 7.81. The van der Waals surface area contributed by atoms with Crippen molar-refractivity contribution in [3.8, 4) is 5.75 Å². The van der Waals surface area contributed by atoms with Crippen LogP contribution in [0.15, 0.2) is 46.9 Å². The van der Waals surface area contributed by atoms with Gasteiger partial charge in [0.1, 0.15) is 0 Å². The second-order valence-electron chi connectivity index (χ2n) is 4.53. The molecule has 2 rings (SSSR count). The molecule has 2 N–H and O–H groups in total. The van der Waals surface area contributed by atoms with E-state index in [9.17, 15) is 14.9 Å². The predicted octanol–water partition coefficient (Wildman–Crippen LogP) is 3.49. The number of ether oxygens (including phenoxy) is 1. The van der Waals surface area contributed by atoms with Gasteiger partial charge in [0, 0.05) is 16.2 Å². The largest absolute Gasteiger partial charge is 0.490 e. The number of nitro groups is 1. The van der Waals surface area contributed by atoms with Crippen LogP contribution in [0.3, 0.4) is 0 Å². The zero-order chi connectivity index (χ0) is 17.7. The number of thiocarbonyl (C=S) groups is 1. The van der Waals surface area contributed by atoms with Crippen LogP contribution < -0.4 is 15.4 Å². The van der Waals surface area contributed by atoms with Gasteiger partial charge in [-0.1, -0.05) is 12.1 Å². The lowest BCUT2D eigenvalue weighted by Gasteiger charge is -2.11. The summed E-state index contributed by atoms with van der Waals surface area (Å²) in [6.07, 6.45) is 0. The first-order chi connectivity index (χ1) is 11.4. The highest BCUT2D eigenvalue weighted by atomic mass is 79.9. The fraction of sp³-hybridized carbons (Fsp3) is 0.0667. The molecule has 0 spiro atoms. The number of benzene rings is 2. The van der Waals surface area contributed by atoms with Crippen molar-refractivity contribution in [2.75, 3.05) is 12.4 Å². The Morgan fingerprint density at radius 3 is 2.62 bits per heavy atom. The topological polar surface area (TPSA) is 93.5 Å². The Balaban J connectivity index is 2.10. The standard InChI is InChI=1S/C15H12BrN3O4S/c1-23-13-7-6-9(8-12(13)19(21)22)17-15(24)18-14(20)10-4-2-3-5-11(10)16/h2-8H,1H3,(H2,17,18,20,24). The average Bonchev–Trinajstić information content (AvgIpc) is 2.54. The van der Waals surface area contributed by atoms with Crippen molar-refractivity contribution >= 4 is 50.5 Å². The molecule has 124 valence electrons. The van der Waals surface area contributed by atoms with Crippen molar-refractivity contribution < 1.29 is 14.5 Å². The van der Waals surface area contributed by atoms with Gasteiger partial charge in [-0.05, 0) is 52.4 Å². The van der Waals surface area contributed by atoms with E-state index in [0.29, 0.717) is 15.7 Å². The van der Waals surface area contributed by atoms with Gasteiger partial charge in [0.25, 0.3) is 5.91 Å². The number of nitro benzene ring substituents is 1. The molecule has 0 saturated carbocycles. The summed E-state index contributed by atoms with van der Waals surface area (Å²) in [6, 6.07) is 11.2. The zero-order valence-corrected chi connectivity index (χ0v) is 14.8. The van der Waals surface area contributed by atoms with E-state index < -0.39 is 10.8 Å². The van der Waals surface area contributed by atoms with Crippen LogP contribution in [0.2, 0.25) is 0 Å². The second kappa shape index (κ2) is 7.84. The minimum absolute atomic E-state index is 0.0233. The number of halogens is 1. The minimum Gasteiger partial charge on any atom is -0.490 e. The van der Waals surface area contributed by atoms with E-state index in [-0.39, 0.29) is 16.5 Å². The Hall–Kier alpha value is -2.52. The molecule has 0 saturated heterocycles. The number of hydrogen-bond donors (Lipinski definition) is 2. The lowest BCUT2D eigenvalue weighted by molar-refractivity contribution is -0.385. The van der Waals surface area contributed by atoms with Crippen molar-refractivity contribution in [2.45, 2.75) is 0 Å². The normalized spacial score (nSPS) is 9.92. The van der Waals surface area contributed by atoms with Crippen LogP contribution in [0.5, 0.6) is 5.75 Å². The quantitative estimate of drug-likeness (QED) is 0.455. The Labute approximate surface area is 151 Å². The molecule has 0 unspecified atom stereocenters. The summed E-state index contributed by atoms with van der Waals surface area (Å²) in [5.41, 5.74) is 0.574. The molecule has 0 aliphatic heterocycles. The Morgan fingerprint density at radius 1 is 1.29 bits per heavy atom. The molecule has 7 nitrogen and oxygen atoms in total. The summed E-state index contributed by atoms with van der Waals surface area (Å²) >= 11 is 8.35. The molecular formula is C15H12BrN3O4S. The van der Waals surface area contributed by atoms with E-state index in [0.717, 1.165) is 0 Å². The first kappa shape index (κ1) is 17.8. The molecule has 0 radical (unpaired) electrons. The molecule has 0 aromatic heterocycles. The van der Waals surface area contributed by atoms with E-state index in [2.05, 4.69) is 26.6 Å². The SMILES string of the molecule is COc1ccc(NC(=S)NC(=O)c2ccccc2Br)cc1[N+](=O)[O-]. The maximum absolute atomic E-state index is 12.1. The van der Waals surface area contributed by atoms with Gasteiger partial charge in [0.05, 0.1) is 17.6 Å². The van der Waals surface area contributed by atoms with Gasteiger partial charge in [0.2, 0.25) is 0 Å². The maximum Gasteiger partial charge on any atom is 0.312 e. The lowest BCUT2D eigenvalue weighted by atomic mass is 10.2. The monoisotopic (exact) mass is 409 g/mol. The fourth-order valence-corrected chi connectivity index (χ4v) is 2.56. The fourth-order valence-electron chi connectivity index (χ4n) is 1.89. The molecule has 1 amide bonds. The smallest absolute Gasteiger partial charge is 0.312 e. The predicted molar refractivity (Wildman–Crippen MR) is 97.5 cm³/mol. The van der Waals surface area contributed by atoms with E-state index in [1.54, 1.807) is 30.3 Å². The van der Waals surface area contributed by atoms with Gasteiger partial charge in [-0.15, -0.1) is 0 Å². The third-order valence-electron chi connectivity index (χ3n) is 2.98. The molecule has 0 fully saturated rings. The highest BCUT2D eigenvalue weighted by Gasteiger charge is 2.16. The summed E-state index contributed by atoms with van der Waals surface area (Å²) < 4.78 is 5.55. The van der Waals surface area contributed by atoms with Gasteiger partial charge in [0.15, 0.2) is 10.9 Å². The van der Waals surface area contributed by atoms with Gasteiger partial charge >= 0.3 is 5.69 Å². The zero-order valence-electron chi connectivity index (χ0n) is 12.4. The first-order valence-electron chi connectivity index (χ1n) is 6.61. The number of hydrogen-bond acceptors (Lipinski definition) is 5. The molecule has 0 heterocycles. The van der Waals surface area contributed by atoms with E-state index in [1.807, 2.05) is 0 Å². The third kappa shape index (κ3) is 4.27. The van der Waals surface area contributed by atoms with Crippen LogP contribution in [0.4, 0.5) is 11.4 Å². The summed E-state index contributed by atoms with van der Waals surface area (Å²) in [7, 11) is 1.35. The molecule has 2 aromatic carbocycles. The molecular weight excluding hydrogens is 398 g/mol. The number of carbonyl (C=O) groups excluding carboxylic acids is 1. The number of nitrogens with one attached hydrogen (secondary N) is 2. The highest BCUT2D eigenvalue weighted by Crippen LogP contribution is 2.29. The van der Waals surface area contributed by atoms with Crippen molar-refractivity contribution in [1.82, 2.24) is 5.32 Å². The van der Waals surface area contributed by atoms with Crippen molar-refractivity contribution in [1.29, 1.82) is 0 Å². The van der Waals surface area contributed by atoms with Crippen LogP contribution in [-0.2, 0) is 0 Å². The minimum atomic E-state index is -0.563. The molecule has 2 aromatic rings. The molecule has 0 bridgehead atoms. The molecule has 0 aliphatic carbocycles. The average molecular weight is 410 g/mol. The number of rotatable bonds is 4. The van der Waals surface area contributed by atoms with Crippen LogP contribution in [-0.4, -0.2) is 23.1 Å². The Morgan fingerprint density at radius 2 is 2.00 bits per heavy atom. The van der Waals surface area contributed by atoms with Crippen LogP contribution >= 0.6 is 28.1 Å². The van der Waals surface area contributed by atoms with Gasteiger partial charge in [-0.25, -0.2) is 0 Å². The second-order valence-corrected chi connectivity index (χ2v) is 5.79. The molecule has 0 atom stereocenters. The van der Waals surface area contributed by atoms with Gasteiger partial charge < -0.3 is 10.1 Å². The molecule has 0 aliphatic rings. The van der Waals surface area contributed by atoms with Gasteiger partial charge in [-0.2, -0.15) is 0 Å². The summed E-state index contributed by atoms with van der Waals surface area (Å²) in [4.78, 5) is 22.6. The number of nitrogens with zero attached hydrogens (tertiary/aromatic N) is 1. The van der Waals surface area contributed by atoms with E-state index in [1.165, 1.54) is 19.2 Å². The summed E-state index contributed by atoms with van der Waals surface area (Å²) in [6.45, 7) is 0. The molecule has 24 heavy (non-hydrogen) atoms. The van der Waals surface area contributed by atoms with Crippen LogP contribution in [0.1, 0.15) is 10.4 Å². The van der Waals surface area contributed by atoms with Crippen LogP contribution in [0.25, 0.3) is 0 Å². The summed E-state index contributed by atoms with van der Waals surface area (Å²) in [5, 5.41) is 16.3. The van der Waals surface area contributed by atoms with Crippen molar-refractivity contribution in [3.05, 3.63) is 62.6 Å². The lowest BCUT2D eigenvalue weighted by Crippen LogP contribution is -2.34. The van der Waals surface area contributed by atoms with E-state index in [4.69, 9.17) is 17.0 Å². The van der Waals surface area contributed by atoms with Crippen molar-refractivity contribution in [2.24, 2.45) is 0 Å². The summed E-state index contributed by atoms with van der Waals surface area (Å²) in [5.74, 6) is -0.267. The maximum atomic E-state index is 12.1.